The highest BCUT2D eigenvalue weighted by Crippen LogP contribution is 2.09. The summed E-state index contributed by atoms with van der Waals surface area (Å²) in [5, 5.41) is 8.35. The van der Waals surface area contributed by atoms with Gasteiger partial charge >= 0.3 is 11.9 Å². The smallest absolute Gasteiger partial charge is 0.394 e. The number of nitrogens with one attached hydrogen (secondary N) is 1. The second-order valence-electron chi connectivity index (χ2n) is 2.24. The molecule has 0 aliphatic heterocycles. The number of hydrogen-bond acceptors (Lipinski definition) is 2. The Bertz CT molecular complexity index is 292. The number of carboxylic acids is 1. The molecule has 5 heteroatoms. The average Bonchev–Trinajstić information content (AvgIpc) is 2.53. The van der Waals surface area contributed by atoms with Crippen LogP contribution in [-0.2, 0) is 9.59 Å². The number of anilines is 1. The number of carbonyl (C=O) groups excluding carboxylic acids is 1. The molecule has 12 heavy (non-hydrogen) atoms. The van der Waals surface area contributed by atoms with Crippen molar-refractivity contribution >= 4 is 17.6 Å². The molecule has 1 aromatic heterocycles. The molecule has 0 atom stereocenters. The number of amides is 1. The molecule has 5 nitrogen and oxygen atoms in total. The van der Waals surface area contributed by atoms with Crippen LogP contribution in [0.3, 0.4) is 0 Å². The quantitative estimate of drug-likeness (QED) is 0.582. The normalized spacial score (nSPS) is 9.42. The molecule has 1 amide bonds. The van der Waals surface area contributed by atoms with Gasteiger partial charge in [0.15, 0.2) is 0 Å². The van der Waals surface area contributed by atoms with Crippen molar-refractivity contribution in [3.63, 3.8) is 0 Å². The van der Waals surface area contributed by atoms with Crippen LogP contribution in [0.1, 0.15) is 0 Å². The standard InChI is InChI=1S/C7H8N2O3/c1-9(6(10)7(11)12)5-2-3-8-4-5/h2-4,8H,1H3,(H,11,12). The molecule has 0 saturated heterocycles. The third-order valence-electron chi connectivity index (χ3n) is 1.46. The van der Waals surface area contributed by atoms with Crippen molar-refractivity contribution in [2.45, 2.75) is 0 Å². The summed E-state index contributed by atoms with van der Waals surface area (Å²) in [4.78, 5) is 24.9. The number of hydrogen-bond donors (Lipinski definition) is 2. The number of rotatable bonds is 1. The largest absolute Gasteiger partial charge is 0.474 e. The lowest BCUT2D eigenvalue weighted by Gasteiger charge is -2.11. The SMILES string of the molecule is CN(C(=O)C(=O)O)c1cc[nH]c1. The molecular formula is C7H8N2O3. The maximum absolute atomic E-state index is 10.9. The Kier molecular flexibility index (Phi) is 2.14. The maximum Gasteiger partial charge on any atom is 0.394 e. The lowest BCUT2D eigenvalue weighted by atomic mass is 10.4. The van der Waals surface area contributed by atoms with E-state index in [4.69, 9.17) is 5.11 Å². The first-order valence-corrected chi connectivity index (χ1v) is 3.26. The van der Waals surface area contributed by atoms with Gasteiger partial charge in [0.2, 0.25) is 0 Å². The van der Waals surface area contributed by atoms with E-state index in [1.54, 1.807) is 18.5 Å². The summed E-state index contributed by atoms with van der Waals surface area (Å²) in [6, 6.07) is 1.61. The van der Waals surface area contributed by atoms with Gasteiger partial charge in [-0.2, -0.15) is 0 Å². The molecule has 64 valence electrons. The number of carboxylic acid groups (broad SMARTS) is 1. The molecule has 0 aromatic carbocycles. The van der Waals surface area contributed by atoms with Crippen LogP contribution in [0.4, 0.5) is 5.69 Å². The van der Waals surface area contributed by atoms with E-state index in [1.807, 2.05) is 0 Å². The fourth-order valence-corrected chi connectivity index (χ4v) is 0.784. The number of aromatic nitrogens is 1. The van der Waals surface area contributed by atoms with E-state index in [0.29, 0.717) is 5.69 Å². The first kappa shape index (κ1) is 8.32. The lowest BCUT2D eigenvalue weighted by Crippen LogP contribution is -2.32. The van der Waals surface area contributed by atoms with Crippen molar-refractivity contribution in [2.75, 3.05) is 11.9 Å². The topological polar surface area (TPSA) is 73.4 Å². The Morgan fingerprint density at radius 1 is 1.58 bits per heavy atom. The van der Waals surface area contributed by atoms with Crippen LogP contribution in [0.15, 0.2) is 18.5 Å². The number of nitrogens with zero attached hydrogens (tertiary/aromatic N) is 1. The zero-order valence-electron chi connectivity index (χ0n) is 6.44. The third-order valence-corrected chi connectivity index (χ3v) is 1.46. The molecule has 0 radical (unpaired) electrons. The average molecular weight is 168 g/mol. The van der Waals surface area contributed by atoms with Gasteiger partial charge in [0.25, 0.3) is 0 Å². The Balaban J connectivity index is 2.79. The summed E-state index contributed by atoms with van der Waals surface area (Å²) in [5.41, 5.74) is 0.530. The predicted molar refractivity (Wildman–Crippen MR) is 41.8 cm³/mol. The van der Waals surface area contributed by atoms with Gasteiger partial charge in [-0.15, -0.1) is 0 Å². The lowest BCUT2D eigenvalue weighted by molar-refractivity contribution is -0.148. The zero-order valence-corrected chi connectivity index (χ0v) is 6.44. The Labute approximate surface area is 68.6 Å². The fourth-order valence-electron chi connectivity index (χ4n) is 0.784. The van der Waals surface area contributed by atoms with Crippen molar-refractivity contribution in [2.24, 2.45) is 0 Å². The monoisotopic (exact) mass is 168 g/mol. The van der Waals surface area contributed by atoms with Crippen molar-refractivity contribution in [3.05, 3.63) is 18.5 Å². The number of aromatic amines is 1. The Morgan fingerprint density at radius 2 is 2.25 bits per heavy atom. The van der Waals surface area contributed by atoms with E-state index in [0.717, 1.165) is 4.90 Å². The van der Waals surface area contributed by atoms with E-state index < -0.39 is 11.9 Å². The van der Waals surface area contributed by atoms with Crippen molar-refractivity contribution in [1.29, 1.82) is 0 Å². The van der Waals surface area contributed by atoms with Crippen LogP contribution >= 0.6 is 0 Å². The van der Waals surface area contributed by atoms with Crippen LogP contribution in [0.5, 0.6) is 0 Å². The fraction of sp³-hybridized carbons (Fsp3) is 0.143. The minimum atomic E-state index is -1.46. The van der Waals surface area contributed by atoms with E-state index >= 15 is 0 Å². The summed E-state index contributed by atoms with van der Waals surface area (Å²) in [6.45, 7) is 0. The van der Waals surface area contributed by atoms with E-state index in [9.17, 15) is 9.59 Å². The molecule has 0 aliphatic rings. The number of aliphatic carboxylic acids is 1. The second kappa shape index (κ2) is 3.08. The summed E-state index contributed by atoms with van der Waals surface area (Å²) < 4.78 is 0. The molecule has 1 rings (SSSR count). The molecule has 2 N–H and O–H groups in total. The molecule has 0 saturated carbocycles. The van der Waals surface area contributed by atoms with Gasteiger partial charge in [-0.1, -0.05) is 0 Å². The minimum absolute atomic E-state index is 0.530. The van der Waals surface area contributed by atoms with Gasteiger partial charge in [0.1, 0.15) is 0 Å². The van der Waals surface area contributed by atoms with Crippen molar-refractivity contribution in [1.82, 2.24) is 4.98 Å². The molecule has 0 unspecified atom stereocenters. The van der Waals surface area contributed by atoms with Crippen molar-refractivity contribution in [3.8, 4) is 0 Å². The van der Waals surface area contributed by atoms with Crippen LogP contribution in [-0.4, -0.2) is 29.0 Å². The van der Waals surface area contributed by atoms with Gasteiger partial charge in [-0.05, 0) is 6.07 Å². The predicted octanol–water partition coefficient (Wildman–Crippen LogP) is 0.0621. The second-order valence-corrected chi connectivity index (χ2v) is 2.24. The maximum atomic E-state index is 10.9. The first-order valence-electron chi connectivity index (χ1n) is 3.26. The van der Waals surface area contributed by atoms with Crippen LogP contribution in [0.2, 0.25) is 0 Å². The van der Waals surface area contributed by atoms with E-state index in [2.05, 4.69) is 4.98 Å². The zero-order chi connectivity index (χ0) is 9.14. The molecule has 0 spiro atoms. The minimum Gasteiger partial charge on any atom is -0.474 e. The van der Waals surface area contributed by atoms with Crippen molar-refractivity contribution < 1.29 is 14.7 Å². The van der Waals surface area contributed by atoms with Gasteiger partial charge < -0.3 is 15.0 Å². The molecule has 0 aliphatic carbocycles. The Morgan fingerprint density at radius 3 is 2.67 bits per heavy atom. The van der Waals surface area contributed by atoms with Crippen LogP contribution in [0, 0.1) is 0 Å². The molecule has 1 heterocycles. The number of carbonyl (C=O) groups is 2. The highest BCUT2D eigenvalue weighted by molar-refractivity contribution is 6.37. The molecular weight excluding hydrogens is 160 g/mol. The third kappa shape index (κ3) is 1.45. The van der Waals surface area contributed by atoms with Gasteiger partial charge in [-0.25, -0.2) is 4.79 Å². The first-order chi connectivity index (χ1) is 5.63. The van der Waals surface area contributed by atoms with E-state index in [-0.39, 0.29) is 0 Å². The molecule has 0 fully saturated rings. The summed E-state index contributed by atoms with van der Waals surface area (Å²) in [6.07, 6.45) is 3.15. The summed E-state index contributed by atoms with van der Waals surface area (Å²) >= 11 is 0. The van der Waals surface area contributed by atoms with Gasteiger partial charge in [-0.3, -0.25) is 4.79 Å². The van der Waals surface area contributed by atoms with Crippen LogP contribution in [0.25, 0.3) is 0 Å². The summed E-state index contributed by atoms with van der Waals surface area (Å²) in [7, 11) is 1.40. The Hall–Kier alpha value is -1.78. The molecule has 0 bridgehead atoms. The number of H-pyrrole nitrogens is 1. The van der Waals surface area contributed by atoms with Gasteiger partial charge in [0, 0.05) is 19.4 Å². The van der Waals surface area contributed by atoms with Crippen LogP contribution < -0.4 is 4.90 Å². The highest BCUT2D eigenvalue weighted by Gasteiger charge is 2.18. The molecule has 1 aromatic rings. The summed E-state index contributed by atoms with van der Waals surface area (Å²) in [5.74, 6) is -2.41. The highest BCUT2D eigenvalue weighted by atomic mass is 16.4. The number of likely N-dealkylation sites (N-methyl/N-ethyl adjacent to an activating group) is 1. The van der Waals surface area contributed by atoms with Gasteiger partial charge in [0.05, 0.1) is 5.69 Å². The van der Waals surface area contributed by atoms with E-state index in [1.165, 1.54) is 7.05 Å².